The molecule has 0 radical (unpaired) electrons. The van der Waals surface area contributed by atoms with Crippen LogP contribution >= 0.6 is 33.9 Å². The molecule has 0 aliphatic rings. The molecule has 22 heavy (non-hydrogen) atoms. The Hall–Kier alpha value is -1.67. The van der Waals surface area contributed by atoms with Crippen LogP contribution in [0.4, 0.5) is 5.69 Å². The average molecular weight is 417 g/mol. The molecule has 0 atom stereocenters. The lowest BCUT2D eigenvalue weighted by Crippen LogP contribution is -2.00. The lowest BCUT2D eigenvalue weighted by atomic mass is 9.94. The van der Waals surface area contributed by atoms with Crippen LogP contribution in [0, 0.1) is 13.7 Å². The van der Waals surface area contributed by atoms with Gasteiger partial charge in [-0.1, -0.05) is 47.9 Å². The summed E-state index contributed by atoms with van der Waals surface area (Å²) >= 11 is 3.75. The number of hydrogen-bond donors (Lipinski definition) is 0. The predicted octanol–water partition coefficient (Wildman–Crippen LogP) is 3.98. The minimum Gasteiger partial charge on any atom is -0.258 e. The zero-order chi connectivity index (χ0) is 15.4. The van der Waals surface area contributed by atoms with Crippen molar-refractivity contribution < 1.29 is 4.92 Å². The summed E-state index contributed by atoms with van der Waals surface area (Å²) in [6.07, 6.45) is 0. The van der Waals surface area contributed by atoms with E-state index in [2.05, 4.69) is 36.5 Å². The zero-order valence-electron chi connectivity index (χ0n) is 11.6. The summed E-state index contributed by atoms with van der Waals surface area (Å²) in [6, 6.07) is 13.9. The maximum atomic E-state index is 11.7. The molecule has 1 aromatic heterocycles. The molecule has 0 N–H and O–H groups in total. The summed E-state index contributed by atoms with van der Waals surface area (Å²) in [5.41, 5.74) is 1.39. The van der Waals surface area contributed by atoms with Gasteiger partial charge in [0.1, 0.15) is 7.85 Å². The Morgan fingerprint density at radius 2 is 1.68 bits per heavy atom. The van der Waals surface area contributed by atoms with Gasteiger partial charge in [0.15, 0.2) is 0 Å². The average Bonchev–Trinajstić information content (AvgIpc) is 2.88. The minimum absolute atomic E-state index is 0.228. The van der Waals surface area contributed by atoms with Gasteiger partial charge >= 0.3 is 0 Å². The van der Waals surface area contributed by atoms with Crippen LogP contribution in [0.2, 0.25) is 0 Å². The van der Waals surface area contributed by atoms with Crippen LogP contribution in [-0.2, 0) is 0 Å². The molecule has 0 aliphatic carbocycles. The van der Waals surface area contributed by atoms with Crippen LogP contribution in [0.3, 0.4) is 0 Å². The van der Waals surface area contributed by atoms with E-state index in [1.165, 1.54) is 0 Å². The molecule has 0 fully saturated rings. The summed E-state index contributed by atoms with van der Waals surface area (Å²) in [5, 5.41) is 15.5. The monoisotopic (exact) mass is 417 g/mol. The summed E-state index contributed by atoms with van der Waals surface area (Å²) in [6.45, 7) is 0. The summed E-state index contributed by atoms with van der Waals surface area (Å²) in [4.78, 5) is 11.5. The van der Waals surface area contributed by atoms with Crippen LogP contribution in [0.1, 0.15) is 0 Å². The van der Waals surface area contributed by atoms with Crippen molar-refractivity contribution in [1.82, 2.24) is 0 Å². The Balaban J connectivity index is 2.42. The van der Waals surface area contributed by atoms with E-state index in [0.717, 1.165) is 36.4 Å². The van der Waals surface area contributed by atoms with Crippen LogP contribution in [0.5, 0.6) is 0 Å². The molecular weight excluding hydrogens is 408 g/mol. The van der Waals surface area contributed by atoms with Crippen molar-refractivity contribution in [2.45, 2.75) is 0 Å². The quantitative estimate of drug-likeness (QED) is 0.204. The van der Waals surface area contributed by atoms with Crippen molar-refractivity contribution in [2.75, 3.05) is 0 Å². The first-order valence-corrected chi connectivity index (χ1v) is 8.65. The van der Waals surface area contributed by atoms with Crippen LogP contribution < -0.4 is 5.46 Å². The fourth-order valence-corrected chi connectivity index (χ4v) is 5.21. The van der Waals surface area contributed by atoms with E-state index in [0.29, 0.717) is 3.57 Å². The number of hydrogen-bond acceptors (Lipinski definition) is 3. The predicted molar refractivity (Wildman–Crippen MR) is 104 cm³/mol. The maximum absolute atomic E-state index is 11.7. The molecule has 0 amide bonds. The van der Waals surface area contributed by atoms with Gasteiger partial charge in [0, 0.05) is 20.9 Å². The molecular formula is C16H9BINO2S. The van der Waals surface area contributed by atoms with E-state index >= 15 is 0 Å². The second kappa shape index (κ2) is 4.92. The summed E-state index contributed by atoms with van der Waals surface area (Å²) < 4.78 is 2.85. The molecule has 4 aromatic rings. The zero-order valence-corrected chi connectivity index (χ0v) is 14.6. The van der Waals surface area contributed by atoms with Crippen molar-refractivity contribution in [3.8, 4) is 0 Å². The highest BCUT2D eigenvalue weighted by Gasteiger charge is 2.25. The molecule has 3 nitrogen and oxygen atoms in total. The molecule has 0 spiro atoms. The molecule has 106 valence electrons. The standard InChI is InChI=1S/C16H9BINO2S/c17-11-7-3-6-10-12-14(19(20)21)13(18)8-4-1-2-5-9(8)16(12)22-15(10)11/h1-7H,17H2. The van der Waals surface area contributed by atoms with Crippen LogP contribution in [0.15, 0.2) is 42.5 Å². The molecule has 0 aliphatic heterocycles. The Kier molecular flexibility index (Phi) is 3.12. The van der Waals surface area contributed by atoms with Crippen molar-refractivity contribution >= 4 is 83.9 Å². The first-order valence-electron chi connectivity index (χ1n) is 6.76. The third-order valence-corrected chi connectivity index (χ3v) is 6.41. The Labute approximate surface area is 144 Å². The van der Waals surface area contributed by atoms with E-state index in [4.69, 9.17) is 0 Å². The van der Waals surface area contributed by atoms with Crippen LogP contribution in [-0.4, -0.2) is 12.8 Å². The number of nitrogens with zero attached hydrogens (tertiary/aromatic N) is 1. The molecule has 1 heterocycles. The van der Waals surface area contributed by atoms with Crippen molar-refractivity contribution in [3.05, 3.63) is 56.1 Å². The Morgan fingerprint density at radius 1 is 1.00 bits per heavy atom. The van der Waals surface area contributed by atoms with E-state index in [1.54, 1.807) is 11.3 Å². The Morgan fingerprint density at radius 3 is 2.41 bits per heavy atom. The molecule has 0 saturated heterocycles. The molecule has 6 heteroatoms. The Bertz CT molecular complexity index is 1090. The first-order chi connectivity index (χ1) is 10.6. The van der Waals surface area contributed by atoms with E-state index in [-0.39, 0.29) is 10.6 Å². The van der Waals surface area contributed by atoms with Gasteiger partial charge in [-0.2, -0.15) is 0 Å². The molecule has 0 unspecified atom stereocenters. The summed E-state index contributed by atoms with van der Waals surface area (Å²) in [5.74, 6) is 0. The smallest absolute Gasteiger partial charge is 0.258 e. The number of halogens is 1. The highest BCUT2D eigenvalue weighted by Crippen LogP contribution is 2.45. The van der Waals surface area contributed by atoms with E-state index in [9.17, 15) is 10.1 Å². The number of benzene rings is 3. The number of nitro benzene ring substituents is 1. The SMILES string of the molecule is Bc1cccc2c1sc1c3ccccc3c(I)c([N+](=O)[O-])c21. The lowest BCUT2D eigenvalue weighted by Gasteiger charge is -2.05. The molecule has 0 saturated carbocycles. The van der Waals surface area contributed by atoms with Crippen molar-refractivity contribution in [1.29, 1.82) is 0 Å². The normalized spacial score (nSPS) is 11.5. The number of fused-ring (bicyclic) bond motifs is 5. The third-order valence-electron chi connectivity index (χ3n) is 3.95. The molecule has 0 bridgehead atoms. The van der Waals surface area contributed by atoms with Gasteiger partial charge < -0.3 is 0 Å². The maximum Gasteiger partial charge on any atom is 0.292 e. The van der Waals surface area contributed by atoms with Gasteiger partial charge in [-0.3, -0.25) is 10.1 Å². The van der Waals surface area contributed by atoms with Crippen LogP contribution in [0.25, 0.3) is 30.9 Å². The number of rotatable bonds is 1. The highest BCUT2D eigenvalue weighted by atomic mass is 127. The van der Waals surface area contributed by atoms with Gasteiger partial charge in [0.05, 0.1) is 18.6 Å². The fourth-order valence-electron chi connectivity index (χ4n) is 2.97. The van der Waals surface area contributed by atoms with E-state index in [1.807, 2.05) is 36.4 Å². The lowest BCUT2D eigenvalue weighted by molar-refractivity contribution is -0.383. The third kappa shape index (κ3) is 1.80. The fraction of sp³-hybridized carbons (Fsp3) is 0. The molecule has 3 aromatic carbocycles. The number of nitro groups is 1. The molecule has 4 rings (SSSR count). The van der Waals surface area contributed by atoms with Gasteiger partial charge in [-0.25, -0.2) is 0 Å². The van der Waals surface area contributed by atoms with Gasteiger partial charge in [0.2, 0.25) is 0 Å². The highest BCUT2D eigenvalue weighted by molar-refractivity contribution is 14.1. The first kappa shape index (κ1) is 14.0. The van der Waals surface area contributed by atoms with Crippen molar-refractivity contribution in [2.24, 2.45) is 0 Å². The number of thiophene rings is 1. The summed E-state index contributed by atoms with van der Waals surface area (Å²) in [7, 11) is 2.05. The minimum atomic E-state index is -0.245. The second-order valence-electron chi connectivity index (χ2n) is 5.22. The second-order valence-corrected chi connectivity index (χ2v) is 7.32. The van der Waals surface area contributed by atoms with Gasteiger partial charge in [-0.05, 0) is 22.6 Å². The van der Waals surface area contributed by atoms with Gasteiger partial charge in [0.25, 0.3) is 5.69 Å². The topological polar surface area (TPSA) is 43.1 Å². The van der Waals surface area contributed by atoms with Crippen molar-refractivity contribution in [3.63, 3.8) is 0 Å². The van der Waals surface area contributed by atoms with Gasteiger partial charge in [-0.15, -0.1) is 11.3 Å². The largest absolute Gasteiger partial charge is 0.292 e. The van der Waals surface area contributed by atoms with E-state index < -0.39 is 0 Å².